The summed E-state index contributed by atoms with van der Waals surface area (Å²) in [5, 5.41) is 23.2. The normalized spacial score (nSPS) is 11.5. The molecule has 4 rings (SSSR count). The van der Waals surface area contributed by atoms with E-state index in [0.717, 1.165) is 32.8 Å². The monoisotopic (exact) mass is 312 g/mol. The van der Waals surface area contributed by atoms with Gasteiger partial charge in [-0.15, -0.1) is 10.2 Å². The summed E-state index contributed by atoms with van der Waals surface area (Å²) in [6.45, 7) is 2.02. The first kappa shape index (κ1) is 14.4. The maximum atomic E-state index is 10.2. The number of rotatable bonds is 2. The molecule has 0 bridgehead atoms. The van der Waals surface area contributed by atoms with Crippen molar-refractivity contribution in [3.63, 3.8) is 0 Å². The largest absolute Gasteiger partial charge is 0.506 e. The summed E-state index contributed by atoms with van der Waals surface area (Å²) in [6, 6.07) is 23.6. The molecule has 0 aliphatic heterocycles. The number of nitrogens with zero attached hydrogens (tertiary/aromatic N) is 2. The maximum absolute atomic E-state index is 10.2. The fraction of sp³-hybridized carbons (Fsp3) is 0.0476. The van der Waals surface area contributed by atoms with Crippen LogP contribution in [-0.2, 0) is 0 Å². The van der Waals surface area contributed by atoms with Gasteiger partial charge in [0.05, 0.1) is 5.69 Å². The second-order valence-electron chi connectivity index (χ2n) is 5.81. The molecule has 24 heavy (non-hydrogen) atoms. The second-order valence-corrected chi connectivity index (χ2v) is 5.81. The average Bonchev–Trinajstić information content (AvgIpc) is 2.62. The number of hydrogen-bond acceptors (Lipinski definition) is 3. The Labute approximate surface area is 139 Å². The van der Waals surface area contributed by atoms with E-state index in [-0.39, 0.29) is 5.75 Å². The van der Waals surface area contributed by atoms with Crippen molar-refractivity contribution in [1.29, 1.82) is 0 Å². The van der Waals surface area contributed by atoms with Crippen LogP contribution in [-0.4, -0.2) is 5.11 Å². The number of benzene rings is 4. The van der Waals surface area contributed by atoms with Crippen LogP contribution in [0.25, 0.3) is 21.5 Å². The van der Waals surface area contributed by atoms with Gasteiger partial charge in [0.2, 0.25) is 0 Å². The first-order chi connectivity index (χ1) is 11.7. The summed E-state index contributed by atoms with van der Waals surface area (Å²) in [4.78, 5) is 0. The molecular weight excluding hydrogens is 296 g/mol. The fourth-order valence-corrected chi connectivity index (χ4v) is 2.95. The first-order valence-electron chi connectivity index (χ1n) is 7.85. The number of phenols is 1. The van der Waals surface area contributed by atoms with Crippen molar-refractivity contribution in [3.05, 3.63) is 78.4 Å². The standard InChI is InChI=1S/C21H16N2O/c1-14-10-11-15-6-2-4-8-17(15)20(14)22-23-21-18-9-5-3-7-16(18)12-13-19(21)24/h2-13,24H,1H3. The van der Waals surface area contributed by atoms with Gasteiger partial charge in [0, 0.05) is 10.8 Å². The Morgan fingerprint density at radius 2 is 1.17 bits per heavy atom. The molecule has 3 heteroatoms. The lowest BCUT2D eigenvalue weighted by Gasteiger charge is -2.06. The molecule has 0 saturated heterocycles. The van der Waals surface area contributed by atoms with E-state index < -0.39 is 0 Å². The minimum Gasteiger partial charge on any atom is -0.506 e. The van der Waals surface area contributed by atoms with Gasteiger partial charge in [0.25, 0.3) is 0 Å². The number of aryl methyl sites for hydroxylation is 1. The molecule has 0 aromatic heterocycles. The highest BCUT2D eigenvalue weighted by atomic mass is 16.3. The van der Waals surface area contributed by atoms with Gasteiger partial charge in [-0.25, -0.2) is 0 Å². The minimum atomic E-state index is 0.135. The van der Waals surface area contributed by atoms with Crippen molar-refractivity contribution < 1.29 is 5.11 Å². The Hall–Kier alpha value is -3.20. The van der Waals surface area contributed by atoms with E-state index in [9.17, 15) is 5.11 Å². The Morgan fingerprint density at radius 3 is 1.88 bits per heavy atom. The summed E-state index contributed by atoms with van der Waals surface area (Å²) in [7, 11) is 0. The minimum absolute atomic E-state index is 0.135. The van der Waals surface area contributed by atoms with Crippen LogP contribution >= 0.6 is 0 Å². The Bertz CT molecular complexity index is 996. The van der Waals surface area contributed by atoms with Gasteiger partial charge in [0.15, 0.2) is 0 Å². The zero-order valence-electron chi connectivity index (χ0n) is 13.3. The number of azo groups is 1. The molecule has 0 radical (unpaired) electrons. The molecule has 0 saturated carbocycles. The van der Waals surface area contributed by atoms with Crippen molar-refractivity contribution in [2.45, 2.75) is 6.92 Å². The highest BCUT2D eigenvalue weighted by Crippen LogP contribution is 2.37. The van der Waals surface area contributed by atoms with Crippen molar-refractivity contribution in [1.82, 2.24) is 0 Å². The van der Waals surface area contributed by atoms with Gasteiger partial charge in [-0.2, -0.15) is 0 Å². The molecule has 0 unspecified atom stereocenters. The Morgan fingerprint density at radius 1 is 0.625 bits per heavy atom. The van der Waals surface area contributed by atoms with Crippen molar-refractivity contribution >= 4 is 32.9 Å². The Kier molecular flexibility index (Phi) is 3.47. The number of fused-ring (bicyclic) bond motifs is 2. The summed E-state index contributed by atoms with van der Waals surface area (Å²) in [5.41, 5.74) is 2.39. The third-order valence-electron chi connectivity index (χ3n) is 4.23. The van der Waals surface area contributed by atoms with Crippen LogP contribution in [0.5, 0.6) is 5.75 Å². The molecule has 0 amide bonds. The molecule has 4 aromatic rings. The lowest BCUT2D eigenvalue weighted by atomic mass is 10.1. The van der Waals surface area contributed by atoms with Gasteiger partial charge in [0.1, 0.15) is 11.4 Å². The molecule has 116 valence electrons. The fourth-order valence-electron chi connectivity index (χ4n) is 2.95. The van der Waals surface area contributed by atoms with Gasteiger partial charge < -0.3 is 5.11 Å². The van der Waals surface area contributed by atoms with Crippen LogP contribution in [0.15, 0.2) is 83.0 Å². The third kappa shape index (κ3) is 2.40. The second kappa shape index (κ2) is 5.78. The van der Waals surface area contributed by atoms with Crippen LogP contribution in [0.4, 0.5) is 11.4 Å². The van der Waals surface area contributed by atoms with Crippen LogP contribution in [0.3, 0.4) is 0 Å². The predicted molar refractivity (Wildman–Crippen MR) is 98.5 cm³/mol. The lowest BCUT2D eigenvalue weighted by molar-refractivity contribution is 0.477. The van der Waals surface area contributed by atoms with Gasteiger partial charge in [-0.1, -0.05) is 66.7 Å². The molecule has 0 aliphatic carbocycles. The predicted octanol–water partition coefficient (Wildman–Crippen LogP) is 6.42. The van der Waals surface area contributed by atoms with Crippen molar-refractivity contribution in [2.75, 3.05) is 0 Å². The van der Waals surface area contributed by atoms with Gasteiger partial charge in [-0.05, 0) is 29.3 Å². The topological polar surface area (TPSA) is 45.0 Å². The van der Waals surface area contributed by atoms with Gasteiger partial charge >= 0.3 is 0 Å². The molecule has 3 nitrogen and oxygen atoms in total. The van der Waals surface area contributed by atoms with E-state index in [1.165, 1.54) is 0 Å². The highest BCUT2D eigenvalue weighted by Gasteiger charge is 2.07. The zero-order chi connectivity index (χ0) is 16.5. The maximum Gasteiger partial charge on any atom is 0.143 e. The van der Waals surface area contributed by atoms with E-state index in [2.05, 4.69) is 22.4 Å². The van der Waals surface area contributed by atoms with Crippen LogP contribution < -0.4 is 0 Å². The SMILES string of the molecule is Cc1ccc2ccccc2c1N=Nc1c(O)ccc2ccccc12. The van der Waals surface area contributed by atoms with E-state index in [0.29, 0.717) is 5.69 Å². The zero-order valence-corrected chi connectivity index (χ0v) is 13.3. The molecule has 0 atom stereocenters. The van der Waals surface area contributed by atoms with E-state index in [4.69, 9.17) is 0 Å². The highest BCUT2D eigenvalue weighted by molar-refractivity contribution is 5.96. The Balaban J connectivity index is 1.91. The molecule has 0 aliphatic rings. The van der Waals surface area contributed by atoms with E-state index >= 15 is 0 Å². The summed E-state index contributed by atoms with van der Waals surface area (Å²) in [5.74, 6) is 0.135. The van der Waals surface area contributed by atoms with Crippen LogP contribution in [0.2, 0.25) is 0 Å². The quantitative estimate of drug-likeness (QED) is 0.426. The molecule has 1 N–H and O–H groups in total. The van der Waals surface area contributed by atoms with Crippen LogP contribution in [0, 0.1) is 6.92 Å². The molecular formula is C21H16N2O. The summed E-state index contributed by atoms with van der Waals surface area (Å²) in [6.07, 6.45) is 0. The first-order valence-corrected chi connectivity index (χ1v) is 7.85. The number of phenolic OH excluding ortho intramolecular Hbond substituents is 1. The molecule has 0 spiro atoms. The van der Waals surface area contributed by atoms with Gasteiger partial charge in [-0.3, -0.25) is 0 Å². The van der Waals surface area contributed by atoms with Crippen LogP contribution in [0.1, 0.15) is 5.56 Å². The van der Waals surface area contributed by atoms with E-state index in [1.807, 2.05) is 61.5 Å². The summed E-state index contributed by atoms with van der Waals surface area (Å²) < 4.78 is 0. The smallest absolute Gasteiger partial charge is 0.143 e. The van der Waals surface area contributed by atoms with E-state index in [1.54, 1.807) is 6.07 Å². The van der Waals surface area contributed by atoms with Crippen molar-refractivity contribution in [3.8, 4) is 5.75 Å². The molecule has 0 fully saturated rings. The molecule has 0 heterocycles. The summed E-state index contributed by atoms with van der Waals surface area (Å²) >= 11 is 0. The molecule has 4 aromatic carbocycles. The number of aromatic hydroxyl groups is 1. The van der Waals surface area contributed by atoms with Crippen molar-refractivity contribution in [2.24, 2.45) is 10.2 Å². The lowest BCUT2D eigenvalue weighted by Crippen LogP contribution is -1.79. The third-order valence-corrected chi connectivity index (χ3v) is 4.23. The number of hydrogen-bond donors (Lipinski definition) is 1. The average molecular weight is 312 g/mol.